The van der Waals surface area contributed by atoms with Crippen molar-refractivity contribution >= 4 is 5.91 Å². The lowest BCUT2D eigenvalue weighted by Gasteiger charge is -2.15. The third-order valence-electron chi connectivity index (χ3n) is 3.50. The van der Waals surface area contributed by atoms with E-state index in [-0.39, 0.29) is 18.6 Å². The van der Waals surface area contributed by atoms with Gasteiger partial charge in [0.15, 0.2) is 6.61 Å². The Morgan fingerprint density at radius 2 is 2.33 bits per heavy atom. The maximum absolute atomic E-state index is 11.6. The standard InChI is InChI=1S/C14H20N2O2/c1-3-16(2)14(17)9-18-11-5-6-12-10(8-11)4-7-13(12)15/h5-6,8,13H,3-4,7,9,15H2,1-2H3. The highest BCUT2D eigenvalue weighted by Crippen LogP contribution is 2.31. The smallest absolute Gasteiger partial charge is 0.260 e. The second-order valence-corrected chi connectivity index (χ2v) is 4.70. The Balaban J connectivity index is 1.97. The summed E-state index contributed by atoms with van der Waals surface area (Å²) in [7, 11) is 1.77. The monoisotopic (exact) mass is 248 g/mol. The van der Waals surface area contributed by atoms with Crippen LogP contribution in [0.15, 0.2) is 18.2 Å². The first-order valence-electron chi connectivity index (χ1n) is 6.37. The van der Waals surface area contributed by atoms with Crippen LogP contribution in [0.25, 0.3) is 0 Å². The summed E-state index contributed by atoms with van der Waals surface area (Å²) >= 11 is 0. The maximum atomic E-state index is 11.6. The molecule has 0 fully saturated rings. The fraction of sp³-hybridized carbons (Fsp3) is 0.500. The van der Waals surface area contributed by atoms with Crippen LogP contribution in [0, 0.1) is 0 Å². The highest BCUT2D eigenvalue weighted by molar-refractivity contribution is 5.77. The summed E-state index contributed by atoms with van der Waals surface area (Å²) in [5.74, 6) is 0.746. The molecule has 4 nitrogen and oxygen atoms in total. The first-order valence-corrected chi connectivity index (χ1v) is 6.37. The summed E-state index contributed by atoms with van der Waals surface area (Å²) in [5, 5.41) is 0. The molecule has 0 saturated carbocycles. The van der Waals surface area contributed by atoms with E-state index in [1.807, 2.05) is 25.1 Å². The Bertz CT molecular complexity index is 445. The van der Waals surface area contributed by atoms with Crippen LogP contribution < -0.4 is 10.5 Å². The quantitative estimate of drug-likeness (QED) is 0.878. The number of hydrogen-bond acceptors (Lipinski definition) is 3. The number of benzene rings is 1. The number of fused-ring (bicyclic) bond motifs is 1. The molecule has 0 radical (unpaired) electrons. The molecule has 4 heteroatoms. The fourth-order valence-electron chi connectivity index (χ4n) is 2.15. The van der Waals surface area contributed by atoms with Gasteiger partial charge in [-0.3, -0.25) is 4.79 Å². The molecule has 1 aromatic rings. The molecule has 0 saturated heterocycles. The van der Waals surface area contributed by atoms with Crippen LogP contribution in [0.5, 0.6) is 5.75 Å². The number of nitrogens with two attached hydrogens (primary N) is 1. The highest BCUT2D eigenvalue weighted by Gasteiger charge is 2.19. The maximum Gasteiger partial charge on any atom is 0.260 e. The molecule has 0 spiro atoms. The lowest BCUT2D eigenvalue weighted by atomic mass is 10.1. The van der Waals surface area contributed by atoms with Crippen molar-refractivity contribution in [1.29, 1.82) is 0 Å². The molecule has 0 aliphatic heterocycles. The summed E-state index contributed by atoms with van der Waals surface area (Å²) in [5.41, 5.74) is 8.43. The number of amides is 1. The van der Waals surface area contributed by atoms with Crippen molar-refractivity contribution in [2.45, 2.75) is 25.8 Å². The van der Waals surface area contributed by atoms with Crippen molar-refractivity contribution in [3.05, 3.63) is 29.3 Å². The molecule has 1 aliphatic carbocycles. The van der Waals surface area contributed by atoms with Crippen molar-refractivity contribution in [3.8, 4) is 5.75 Å². The number of nitrogens with zero attached hydrogens (tertiary/aromatic N) is 1. The van der Waals surface area contributed by atoms with E-state index in [1.165, 1.54) is 11.1 Å². The number of rotatable bonds is 4. The van der Waals surface area contributed by atoms with E-state index < -0.39 is 0 Å². The Labute approximate surface area is 108 Å². The number of carbonyl (C=O) groups excluding carboxylic acids is 1. The molecule has 0 aromatic heterocycles. The molecular weight excluding hydrogens is 228 g/mol. The summed E-state index contributed by atoms with van der Waals surface area (Å²) in [6.45, 7) is 2.73. The zero-order chi connectivity index (χ0) is 13.1. The zero-order valence-corrected chi connectivity index (χ0v) is 11.0. The molecule has 1 atom stereocenters. The van der Waals surface area contributed by atoms with Crippen molar-refractivity contribution in [2.75, 3.05) is 20.2 Å². The van der Waals surface area contributed by atoms with E-state index in [0.717, 1.165) is 18.6 Å². The molecule has 1 amide bonds. The SMILES string of the molecule is CCN(C)C(=O)COc1ccc2c(c1)CCC2N. The number of aryl methyl sites for hydroxylation is 1. The van der Waals surface area contributed by atoms with Crippen LogP contribution in [-0.2, 0) is 11.2 Å². The molecule has 2 rings (SSSR count). The predicted molar refractivity (Wildman–Crippen MR) is 70.5 cm³/mol. The van der Waals surface area contributed by atoms with Gasteiger partial charge in [-0.05, 0) is 43.0 Å². The summed E-state index contributed by atoms with van der Waals surface area (Å²) in [4.78, 5) is 13.3. The zero-order valence-electron chi connectivity index (χ0n) is 11.0. The van der Waals surface area contributed by atoms with Gasteiger partial charge in [0.25, 0.3) is 5.91 Å². The Morgan fingerprint density at radius 1 is 1.56 bits per heavy atom. The van der Waals surface area contributed by atoms with Crippen LogP contribution in [-0.4, -0.2) is 31.0 Å². The molecule has 0 bridgehead atoms. The van der Waals surface area contributed by atoms with Crippen molar-refractivity contribution in [3.63, 3.8) is 0 Å². The minimum atomic E-state index is -0.00491. The van der Waals surface area contributed by atoms with Crippen molar-refractivity contribution in [2.24, 2.45) is 5.73 Å². The third kappa shape index (κ3) is 2.64. The Kier molecular flexibility index (Phi) is 3.87. The number of carbonyl (C=O) groups is 1. The predicted octanol–water partition coefficient (Wildman–Crippen LogP) is 1.49. The lowest BCUT2D eigenvalue weighted by molar-refractivity contribution is -0.131. The normalized spacial score (nSPS) is 17.4. The van der Waals surface area contributed by atoms with Crippen LogP contribution in [0.2, 0.25) is 0 Å². The minimum Gasteiger partial charge on any atom is -0.484 e. The van der Waals surface area contributed by atoms with Gasteiger partial charge in [-0.15, -0.1) is 0 Å². The van der Waals surface area contributed by atoms with E-state index in [0.29, 0.717) is 6.54 Å². The lowest BCUT2D eigenvalue weighted by Crippen LogP contribution is -2.31. The fourth-order valence-corrected chi connectivity index (χ4v) is 2.15. The molecule has 2 N–H and O–H groups in total. The van der Waals surface area contributed by atoms with E-state index in [9.17, 15) is 4.79 Å². The highest BCUT2D eigenvalue weighted by atomic mass is 16.5. The third-order valence-corrected chi connectivity index (χ3v) is 3.50. The second-order valence-electron chi connectivity index (χ2n) is 4.70. The average Bonchev–Trinajstić information content (AvgIpc) is 2.76. The largest absolute Gasteiger partial charge is 0.484 e. The molecule has 1 aliphatic rings. The van der Waals surface area contributed by atoms with Gasteiger partial charge >= 0.3 is 0 Å². The van der Waals surface area contributed by atoms with Crippen molar-refractivity contribution < 1.29 is 9.53 Å². The van der Waals surface area contributed by atoms with Crippen LogP contribution in [0.1, 0.15) is 30.5 Å². The van der Waals surface area contributed by atoms with Crippen LogP contribution in [0.4, 0.5) is 0 Å². The number of hydrogen-bond donors (Lipinski definition) is 1. The molecule has 98 valence electrons. The summed E-state index contributed by atoms with van der Waals surface area (Å²) in [6.07, 6.45) is 1.99. The van der Waals surface area contributed by atoms with E-state index >= 15 is 0 Å². The summed E-state index contributed by atoms with van der Waals surface area (Å²) < 4.78 is 5.52. The van der Waals surface area contributed by atoms with Crippen LogP contribution >= 0.6 is 0 Å². The summed E-state index contributed by atoms with van der Waals surface area (Å²) in [6, 6.07) is 6.06. The Hall–Kier alpha value is -1.55. The molecule has 1 aromatic carbocycles. The Morgan fingerprint density at radius 3 is 3.06 bits per heavy atom. The minimum absolute atomic E-state index is 0.00491. The van der Waals surface area contributed by atoms with Crippen LogP contribution in [0.3, 0.4) is 0 Å². The van der Waals surface area contributed by atoms with Gasteiger partial charge in [-0.1, -0.05) is 6.07 Å². The van der Waals surface area contributed by atoms with Gasteiger partial charge in [0.1, 0.15) is 5.75 Å². The molecular formula is C14H20N2O2. The van der Waals surface area contributed by atoms with Gasteiger partial charge in [0.2, 0.25) is 0 Å². The number of likely N-dealkylation sites (N-methyl/N-ethyl adjacent to an activating group) is 1. The molecule has 1 unspecified atom stereocenters. The van der Waals surface area contributed by atoms with Gasteiger partial charge in [-0.25, -0.2) is 0 Å². The number of ether oxygens (including phenoxy) is 1. The second kappa shape index (κ2) is 5.40. The van der Waals surface area contributed by atoms with Gasteiger partial charge in [0.05, 0.1) is 0 Å². The average molecular weight is 248 g/mol. The molecule has 18 heavy (non-hydrogen) atoms. The van der Waals surface area contributed by atoms with E-state index in [2.05, 4.69) is 0 Å². The van der Waals surface area contributed by atoms with Crippen molar-refractivity contribution in [1.82, 2.24) is 4.90 Å². The topological polar surface area (TPSA) is 55.6 Å². The van der Waals surface area contributed by atoms with Gasteiger partial charge < -0.3 is 15.4 Å². The van der Waals surface area contributed by atoms with E-state index in [4.69, 9.17) is 10.5 Å². The first kappa shape index (κ1) is 12.9. The molecule has 0 heterocycles. The first-order chi connectivity index (χ1) is 8.61. The van der Waals surface area contributed by atoms with E-state index in [1.54, 1.807) is 11.9 Å². The van der Waals surface area contributed by atoms with Gasteiger partial charge in [-0.2, -0.15) is 0 Å². The van der Waals surface area contributed by atoms with Gasteiger partial charge in [0, 0.05) is 19.6 Å².